The largest absolute Gasteiger partial charge is 0.453 e. The second kappa shape index (κ2) is 4.83. The molecule has 1 N–H and O–H groups in total. The van der Waals surface area contributed by atoms with E-state index in [0.717, 1.165) is 18.8 Å². The van der Waals surface area contributed by atoms with Gasteiger partial charge in [-0.15, -0.1) is 0 Å². The van der Waals surface area contributed by atoms with Gasteiger partial charge in [-0.05, 0) is 25.0 Å². The Morgan fingerprint density at radius 1 is 1.44 bits per heavy atom. The SMILES string of the molecule is COC(=O)Nc1ccc(N2CCCC2)cn1. The summed E-state index contributed by atoms with van der Waals surface area (Å²) in [5.41, 5.74) is 1.10. The Hall–Kier alpha value is -1.78. The van der Waals surface area contributed by atoms with Crippen LogP contribution in [0.1, 0.15) is 12.8 Å². The minimum Gasteiger partial charge on any atom is -0.453 e. The van der Waals surface area contributed by atoms with E-state index in [2.05, 4.69) is 19.9 Å². The first-order chi connectivity index (χ1) is 7.79. The zero-order valence-corrected chi connectivity index (χ0v) is 9.27. The molecule has 5 nitrogen and oxygen atoms in total. The number of rotatable bonds is 2. The predicted molar refractivity (Wildman–Crippen MR) is 61.7 cm³/mol. The highest BCUT2D eigenvalue weighted by molar-refractivity contribution is 5.83. The number of anilines is 2. The highest BCUT2D eigenvalue weighted by Gasteiger charge is 2.12. The van der Waals surface area contributed by atoms with Crippen LogP contribution in [0.4, 0.5) is 16.3 Å². The lowest BCUT2D eigenvalue weighted by molar-refractivity contribution is 0.187. The van der Waals surface area contributed by atoms with Gasteiger partial charge < -0.3 is 9.64 Å². The van der Waals surface area contributed by atoms with E-state index < -0.39 is 6.09 Å². The third-order valence-electron chi connectivity index (χ3n) is 2.63. The number of nitrogens with one attached hydrogen (secondary N) is 1. The average molecular weight is 221 g/mol. The minimum absolute atomic E-state index is 0.499. The first kappa shape index (κ1) is 10.7. The van der Waals surface area contributed by atoms with Gasteiger partial charge in [0.25, 0.3) is 0 Å². The zero-order chi connectivity index (χ0) is 11.4. The van der Waals surface area contributed by atoms with Crippen molar-refractivity contribution < 1.29 is 9.53 Å². The number of ether oxygens (including phenoxy) is 1. The third-order valence-corrected chi connectivity index (χ3v) is 2.63. The fourth-order valence-corrected chi connectivity index (χ4v) is 1.78. The predicted octanol–water partition coefficient (Wildman–Crippen LogP) is 1.86. The number of pyridine rings is 1. The van der Waals surface area contributed by atoms with Crippen LogP contribution < -0.4 is 10.2 Å². The molecule has 0 spiro atoms. The van der Waals surface area contributed by atoms with Gasteiger partial charge in [0, 0.05) is 13.1 Å². The number of amides is 1. The molecule has 16 heavy (non-hydrogen) atoms. The van der Waals surface area contributed by atoms with E-state index in [1.807, 2.05) is 6.07 Å². The van der Waals surface area contributed by atoms with Gasteiger partial charge in [-0.3, -0.25) is 5.32 Å². The summed E-state index contributed by atoms with van der Waals surface area (Å²) in [6.07, 6.45) is 3.75. The van der Waals surface area contributed by atoms with E-state index in [-0.39, 0.29) is 0 Å². The number of hydrogen-bond acceptors (Lipinski definition) is 4. The Kier molecular flexibility index (Phi) is 3.24. The van der Waals surface area contributed by atoms with E-state index in [4.69, 9.17) is 0 Å². The molecule has 1 aromatic rings. The van der Waals surface area contributed by atoms with Gasteiger partial charge in [0.2, 0.25) is 0 Å². The fourth-order valence-electron chi connectivity index (χ4n) is 1.78. The van der Waals surface area contributed by atoms with Crippen LogP contribution in [0.3, 0.4) is 0 Å². The van der Waals surface area contributed by atoms with Gasteiger partial charge in [0.05, 0.1) is 19.0 Å². The van der Waals surface area contributed by atoms with Crippen LogP contribution in [0.25, 0.3) is 0 Å². The normalized spacial score (nSPS) is 14.9. The highest BCUT2D eigenvalue weighted by atomic mass is 16.5. The van der Waals surface area contributed by atoms with Crippen molar-refractivity contribution in [2.24, 2.45) is 0 Å². The number of carbonyl (C=O) groups excluding carboxylic acids is 1. The van der Waals surface area contributed by atoms with Crippen LogP contribution >= 0.6 is 0 Å². The van der Waals surface area contributed by atoms with Gasteiger partial charge in [-0.25, -0.2) is 9.78 Å². The summed E-state index contributed by atoms with van der Waals surface area (Å²) >= 11 is 0. The number of carbonyl (C=O) groups is 1. The lowest BCUT2D eigenvalue weighted by Crippen LogP contribution is -2.18. The zero-order valence-electron chi connectivity index (χ0n) is 9.27. The van der Waals surface area contributed by atoms with Crippen LogP contribution in [-0.4, -0.2) is 31.3 Å². The first-order valence-corrected chi connectivity index (χ1v) is 5.35. The summed E-state index contributed by atoms with van der Waals surface area (Å²) in [5.74, 6) is 0.509. The molecule has 1 aliphatic rings. The number of methoxy groups -OCH3 is 1. The maximum absolute atomic E-state index is 10.9. The van der Waals surface area contributed by atoms with Crippen LogP contribution in [0.5, 0.6) is 0 Å². The minimum atomic E-state index is -0.499. The summed E-state index contributed by atoms with van der Waals surface area (Å²) in [7, 11) is 1.33. The van der Waals surface area contributed by atoms with E-state index in [1.54, 1.807) is 12.3 Å². The monoisotopic (exact) mass is 221 g/mol. The quantitative estimate of drug-likeness (QED) is 0.828. The van der Waals surface area contributed by atoms with E-state index in [0.29, 0.717) is 5.82 Å². The van der Waals surface area contributed by atoms with Crippen molar-refractivity contribution >= 4 is 17.6 Å². The molecule has 2 heterocycles. The Morgan fingerprint density at radius 2 is 2.19 bits per heavy atom. The van der Waals surface area contributed by atoms with E-state index >= 15 is 0 Å². The Morgan fingerprint density at radius 3 is 2.75 bits per heavy atom. The lowest BCUT2D eigenvalue weighted by Gasteiger charge is -2.16. The second-order valence-corrected chi connectivity index (χ2v) is 3.71. The van der Waals surface area contributed by atoms with Crippen molar-refractivity contribution in [2.75, 3.05) is 30.4 Å². The van der Waals surface area contributed by atoms with Crippen molar-refractivity contribution in [1.29, 1.82) is 0 Å². The van der Waals surface area contributed by atoms with Gasteiger partial charge in [-0.2, -0.15) is 0 Å². The molecule has 5 heteroatoms. The molecule has 0 saturated carbocycles. The second-order valence-electron chi connectivity index (χ2n) is 3.71. The molecule has 2 rings (SSSR count). The maximum Gasteiger partial charge on any atom is 0.412 e. The molecule has 0 unspecified atom stereocenters. The van der Waals surface area contributed by atoms with Crippen molar-refractivity contribution in [3.05, 3.63) is 18.3 Å². The lowest BCUT2D eigenvalue weighted by atomic mass is 10.3. The molecule has 1 fully saturated rings. The Balaban J connectivity index is 2.01. The van der Waals surface area contributed by atoms with Crippen molar-refractivity contribution in [3.8, 4) is 0 Å². The number of aromatic nitrogens is 1. The molecule has 0 bridgehead atoms. The molecule has 0 atom stereocenters. The van der Waals surface area contributed by atoms with Gasteiger partial charge in [-0.1, -0.05) is 0 Å². The summed E-state index contributed by atoms with van der Waals surface area (Å²) in [6.45, 7) is 2.18. The highest BCUT2D eigenvalue weighted by Crippen LogP contribution is 2.20. The molecule has 86 valence electrons. The molecular weight excluding hydrogens is 206 g/mol. The molecule has 1 saturated heterocycles. The van der Waals surface area contributed by atoms with Crippen molar-refractivity contribution in [3.63, 3.8) is 0 Å². The third kappa shape index (κ3) is 2.42. The maximum atomic E-state index is 10.9. The Bertz CT molecular complexity index is 358. The fraction of sp³-hybridized carbons (Fsp3) is 0.455. The summed E-state index contributed by atoms with van der Waals surface area (Å²) < 4.78 is 4.48. The summed E-state index contributed by atoms with van der Waals surface area (Å²) in [6, 6.07) is 3.74. The first-order valence-electron chi connectivity index (χ1n) is 5.35. The van der Waals surface area contributed by atoms with Gasteiger partial charge in [0.15, 0.2) is 0 Å². The van der Waals surface area contributed by atoms with E-state index in [1.165, 1.54) is 20.0 Å². The molecule has 0 radical (unpaired) electrons. The number of hydrogen-bond donors (Lipinski definition) is 1. The van der Waals surface area contributed by atoms with Crippen LogP contribution in [-0.2, 0) is 4.74 Å². The molecule has 1 amide bonds. The molecule has 0 aromatic carbocycles. The van der Waals surface area contributed by atoms with Gasteiger partial charge in [0.1, 0.15) is 5.82 Å². The summed E-state index contributed by atoms with van der Waals surface area (Å²) in [5, 5.41) is 2.52. The van der Waals surface area contributed by atoms with Crippen molar-refractivity contribution in [1.82, 2.24) is 4.98 Å². The van der Waals surface area contributed by atoms with Crippen molar-refractivity contribution in [2.45, 2.75) is 12.8 Å². The van der Waals surface area contributed by atoms with E-state index in [9.17, 15) is 4.79 Å². The molecule has 0 aliphatic carbocycles. The topological polar surface area (TPSA) is 54.5 Å². The van der Waals surface area contributed by atoms with Crippen LogP contribution in [0.15, 0.2) is 18.3 Å². The summed E-state index contributed by atoms with van der Waals surface area (Å²) in [4.78, 5) is 17.4. The molecule has 1 aromatic heterocycles. The molecular formula is C11H15N3O2. The molecule has 1 aliphatic heterocycles. The number of nitrogens with zero attached hydrogens (tertiary/aromatic N) is 2. The standard InChI is InChI=1S/C11H15N3O2/c1-16-11(15)13-10-5-4-9(8-12-10)14-6-2-3-7-14/h4-5,8H,2-3,6-7H2,1H3,(H,12,13,15). The van der Waals surface area contributed by atoms with Gasteiger partial charge >= 0.3 is 6.09 Å². The van der Waals surface area contributed by atoms with Crippen LogP contribution in [0, 0.1) is 0 Å². The van der Waals surface area contributed by atoms with Crippen LogP contribution in [0.2, 0.25) is 0 Å². The smallest absolute Gasteiger partial charge is 0.412 e. The average Bonchev–Trinajstić information content (AvgIpc) is 2.83. The Labute approximate surface area is 94.4 Å².